The van der Waals surface area contributed by atoms with Crippen LogP contribution in [0.5, 0.6) is 0 Å². The Hall–Kier alpha value is -1.52. The van der Waals surface area contributed by atoms with Gasteiger partial charge in [-0.25, -0.2) is 0 Å². The largest absolute Gasteiger partial charge is 0.471 e. The van der Waals surface area contributed by atoms with Crippen LogP contribution in [0.2, 0.25) is 0 Å². The van der Waals surface area contributed by atoms with Crippen LogP contribution in [0.1, 0.15) is 18.4 Å². The number of carbonyl (C=O) groups excluding carboxylic acids is 1. The predicted octanol–water partition coefficient (Wildman–Crippen LogP) is 2.47. The van der Waals surface area contributed by atoms with Crippen molar-refractivity contribution in [1.82, 2.24) is 5.32 Å². The van der Waals surface area contributed by atoms with Gasteiger partial charge in [-0.2, -0.15) is 13.2 Å². The number of benzene rings is 1. The van der Waals surface area contributed by atoms with Gasteiger partial charge < -0.3 is 5.32 Å². The fourth-order valence-electron chi connectivity index (χ4n) is 1.25. The van der Waals surface area contributed by atoms with E-state index in [0.29, 0.717) is 0 Å². The summed E-state index contributed by atoms with van der Waals surface area (Å²) in [7, 11) is 0. The van der Waals surface area contributed by atoms with E-state index in [1.807, 2.05) is 23.5 Å². The molecule has 1 aromatic carbocycles. The second-order valence-electron chi connectivity index (χ2n) is 3.52. The average Bonchev–Trinajstić information content (AvgIpc) is 2.25. The van der Waals surface area contributed by atoms with E-state index in [9.17, 15) is 18.0 Å². The van der Waals surface area contributed by atoms with Gasteiger partial charge in [-0.15, -0.1) is 0 Å². The van der Waals surface area contributed by atoms with Gasteiger partial charge in [0, 0.05) is 6.54 Å². The Morgan fingerprint density at radius 1 is 1.31 bits per heavy atom. The lowest BCUT2D eigenvalue weighted by atomic mass is 10.0. The lowest BCUT2D eigenvalue weighted by molar-refractivity contribution is -0.173. The number of nitrogens with one attached hydrogen (secondary N) is 1. The second kappa shape index (κ2) is 5.01. The second-order valence-corrected chi connectivity index (χ2v) is 3.52. The van der Waals surface area contributed by atoms with E-state index in [0.717, 1.165) is 5.56 Å². The molecule has 1 rings (SSSR count). The molecule has 0 aliphatic rings. The van der Waals surface area contributed by atoms with Crippen molar-refractivity contribution < 1.29 is 18.0 Å². The Bertz CT molecular complexity index is 348. The number of halogens is 3. The lowest BCUT2D eigenvalue weighted by Gasteiger charge is -2.13. The first-order valence-electron chi connectivity index (χ1n) is 4.81. The maximum atomic E-state index is 11.9. The van der Waals surface area contributed by atoms with Crippen molar-refractivity contribution in [3.8, 4) is 0 Å². The summed E-state index contributed by atoms with van der Waals surface area (Å²) in [4.78, 5) is 10.6. The van der Waals surface area contributed by atoms with Crippen molar-refractivity contribution in [3.63, 3.8) is 0 Å². The molecule has 0 spiro atoms. The number of alkyl halides is 3. The molecule has 0 bridgehead atoms. The lowest BCUT2D eigenvalue weighted by Crippen LogP contribution is -2.38. The maximum Gasteiger partial charge on any atom is 0.471 e. The Labute approximate surface area is 91.5 Å². The predicted molar refractivity (Wildman–Crippen MR) is 53.9 cm³/mol. The third kappa shape index (κ3) is 3.56. The molecule has 0 aliphatic heterocycles. The molecular formula is C11H12F3NO. The van der Waals surface area contributed by atoms with E-state index in [4.69, 9.17) is 0 Å². The highest BCUT2D eigenvalue weighted by molar-refractivity contribution is 5.81. The number of hydrogen-bond acceptors (Lipinski definition) is 1. The summed E-state index contributed by atoms with van der Waals surface area (Å²) in [5, 5.41) is 1.86. The highest BCUT2D eigenvalue weighted by atomic mass is 19.4. The molecule has 1 unspecified atom stereocenters. The molecule has 0 aromatic heterocycles. The summed E-state index contributed by atoms with van der Waals surface area (Å²) in [6, 6.07) is 9.05. The van der Waals surface area contributed by atoms with Crippen molar-refractivity contribution in [3.05, 3.63) is 35.9 Å². The van der Waals surface area contributed by atoms with Crippen LogP contribution >= 0.6 is 0 Å². The zero-order valence-corrected chi connectivity index (χ0v) is 8.71. The molecule has 1 N–H and O–H groups in total. The Balaban J connectivity index is 2.48. The molecular weight excluding hydrogens is 219 g/mol. The SMILES string of the molecule is CC(CNC(=O)C(F)(F)F)c1ccccc1. The fraction of sp³-hybridized carbons (Fsp3) is 0.364. The Morgan fingerprint density at radius 3 is 2.38 bits per heavy atom. The molecule has 2 nitrogen and oxygen atoms in total. The number of carbonyl (C=O) groups is 1. The summed E-state index contributed by atoms with van der Waals surface area (Å²) in [6.45, 7) is 1.73. The minimum absolute atomic E-state index is 0.0254. The van der Waals surface area contributed by atoms with Crippen LogP contribution in [0.25, 0.3) is 0 Å². The van der Waals surface area contributed by atoms with Crippen LogP contribution in [-0.4, -0.2) is 18.6 Å². The van der Waals surface area contributed by atoms with Crippen molar-refractivity contribution in [2.75, 3.05) is 6.54 Å². The summed E-state index contributed by atoms with van der Waals surface area (Å²) >= 11 is 0. The minimum Gasteiger partial charge on any atom is -0.348 e. The topological polar surface area (TPSA) is 29.1 Å². The van der Waals surface area contributed by atoms with Gasteiger partial charge in [-0.1, -0.05) is 37.3 Å². The molecule has 5 heteroatoms. The van der Waals surface area contributed by atoms with E-state index in [2.05, 4.69) is 0 Å². The van der Waals surface area contributed by atoms with E-state index >= 15 is 0 Å². The molecule has 0 saturated heterocycles. The van der Waals surface area contributed by atoms with Gasteiger partial charge >= 0.3 is 12.1 Å². The van der Waals surface area contributed by atoms with E-state index in [1.165, 1.54) is 0 Å². The van der Waals surface area contributed by atoms with Gasteiger partial charge in [0.05, 0.1) is 0 Å². The molecule has 0 aliphatic carbocycles. The standard InChI is InChI=1S/C11H12F3NO/c1-8(9-5-3-2-4-6-9)7-15-10(16)11(12,13)14/h2-6,8H,7H2,1H3,(H,15,16). The summed E-state index contributed by atoms with van der Waals surface area (Å²) in [6.07, 6.45) is -4.81. The van der Waals surface area contributed by atoms with Crippen molar-refractivity contribution in [2.24, 2.45) is 0 Å². The zero-order valence-electron chi connectivity index (χ0n) is 8.71. The van der Waals surface area contributed by atoms with Crippen LogP contribution in [0.15, 0.2) is 30.3 Å². The first-order valence-corrected chi connectivity index (χ1v) is 4.81. The van der Waals surface area contributed by atoms with E-state index in [-0.39, 0.29) is 12.5 Å². The molecule has 0 saturated carbocycles. The van der Waals surface area contributed by atoms with E-state index in [1.54, 1.807) is 19.1 Å². The molecule has 1 aromatic rings. The number of hydrogen-bond donors (Lipinski definition) is 1. The molecule has 0 radical (unpaired) electrons. The fourth-order valence-corrected chi connectivity index (χ4v) is 1.25. The quantitative estimate of drug-likeness (QED) is 0.850. The van der Waals surface area contributed by atoms with Gasteiger partial charge in [0.25, 0.3) is 0 Å². The van der Waals surface area contributed by atoms with Crippen LogP contribution < -0.4 is 5.32 Å². The Kier molecular flexibility index (Phi) is 3.93. The summed E-state index contributed by atoms with van der Waals surface area (Å²) in [5.41, 5.74) is 0.893. The first-order chi connectivity index (χ1) is 7.41. The molecule has 88 valence electrons. The summed E-state index contributed by atoms with van der Waals surface area (Å²) < 4.78 is 35.7. The molecule has 0 fully saturated rings. The molecule has 1 amide bonds. The molecule has 0 heterocycles. The third-order valence-corrected chi connectivity index (χ3v) is 2.19. The van der Waals surface area contributed by atoms with Gasteiger partial charge in [0.1, 0.15) is 0 Å². The monoisotopic (exact) mass is 231 g/mol. The number of amides is 1. The van der Waals surface area contributed by atoms with Gasteiger partial charge in [0.15, 0.2) is 0 Å². The highest BCUT2D eigenvalue weighted by Gasteiger charge is 2.38. The van der Waals surface area contributed by atoms with E-state index < -0.39 is 12.1 Å². The minimum atomic E-state index is -4.81. The maximum absolute atomic E-state index is 11.9. The highest BCUT2D eigenvalue weighted by Crippen LogP contribution is 2.16. The summed E-state index contributed by atoms with van der Waals surface area (Å²) in [5.74, 6) is -2.04. The zero-order chi connectivity index (χ0) is 12.2. The third-order valence-electron chi connectivity index (χ3n) is 2.19. The van der Waals surface area contributed by atoms with Crippen LogP contribution in [0, 0.1) is 0 Å². The molecule has 16 heavy (non-hydrogen) atoms. The van der Waals surface area contributed by atoms with Crippen molar-refractivity contribution >= 4 is 5.91 Å². The van der Waals surface area contributed by atoms with Gasteiger partial charge in [0.2, 0.25) is 0 Å². The molecule has 1 atom stereocenters. The van der Waals surface area contributed by atoms with Crippen LogP contribution in [0.3, 0.4) is 0 Å². The van der Waals surface area contributed by atoms with Crippen molar-refractivity contribution in [1.29, 1.82) is 0 Å². The van der Waals surface area contributed by atoms with Crippen LogP contribution in [0.4, 0.5) is 13.2 Å². The van der Waals surface area contributed by atoms with Gasteiger partial charge in [-0.3, -0.25) is 4.79 Å². The first kappa shape index (κ1) is 12.5. The van der Waals surface area contributed by atoms with Crippen LogP contribution in [-0.2, 0) is 4.79 Å². The normalized spacial score (nSPS) is 13.2. The Morgan fingerprint density at radius 2 is 1.88 bits per heavy atom. The van der Waals surface area contributed by atoms with Gasteiger partial charge in [-0.05, 0) is 11.5 Å². The average molecular weight is 231 g/mol. The van der Waals surface area contributed by atoms with Crippen molar-refractivity contribution in [2.45, 2.75) is 19.0 Å². The number of rotatable bonds is 3. The smallest absolute Gasteiger partial charge is 0.348 e.